The van der Waals surface area contributed by atoms with Gasteiger partial charge in [-0.15, -0.1) is 5.10 Å². The maximum atomic E-state index is 12.1. The third kappa shape index (κ3) is 2.85. The van der Waals surface area contributed by atoms with Gasteiger partial charge < -0.3 is 10.0 Å². The van der Waals surface area contributed by atoms with Gasteiger partial charge in [0.15, 0.2) is 5.69 Å². The lowest BCUT2D eigenvalue weighted by atomic mass is 10.2. The van der Waals surface area contributed by atoms with E-state index >= 15 is 0 Å². The van der Waals surface area contributed by atoms with Crippen molar-refractivity contribution in [3.8, 4) is 5.69 Å². The number of nitrogens with zero attached hydrogens (tertiary/aromatic N) is 4. The van der Waals surface area contributed by atoms with Crippen LogP contribution in [-0.2, 0) is 0 Å². The summed E-state index contributed by atoms with van der Waals surface area (Å²) in [5.41, 5.74) is 2.26. The van der Waals surface area contributed by atoms with Crippen LogP contribution >= 0.6 is 0 Å². The Kier molecular flexibility index (Phi) is 4.14. The van der Waals surface area contributed by atoms with Gasteiger partial charge in [0.1, 0.15) is 0 Å². The number of aryl methyl sites for hydroxylation is 1. The predicted molar refractivity (Wildman–Crippen MR) is 74.7 cm³/mol. The lowest BCUT2D eigenvalue weighted by Crippen LogP contribution is -2.37. The summed E-state index contributed by atoms with van der Waals surface area (Å²) in [5.74, 6) is -0.259. The zero-order chi connectivity index (χ0) is 14.7. The zero-order valence-corrected chi connectivity index (χ0v) is 11.8. The minimum absolute atomic E-state index is 0.0889. The van der Waals surface area contributed by atoms with Crippen LogP contribution in [-0.4, -0.2) is 50.6 Å². The fraction of sp³-hybridized carbons (Fsp3) is 0.357. The van der Waals surface area contributed by atoms with Gasteiger partial charge in [0.05, 0.1) is 24.5 Å². The van der Waals surface area contributed by atoms with Crippen LogP contribution in [0.1, 0.15) is 23.0 Å². The van der Waals surface area contributed by atoms with Crippen LogP contribution in [0.2, 0.25) is 0 Å². The van der Waals surface area contributed by atoms with Crippen LogP contribution in [0.15, 0.2) is 30.5 Å². The smallest absolute Gasteiger partial charge is 0.276 e. The second-order valence-electron chi connectivity index (χ2n) is 4.83. The molecule has 1 aromatic carbocycles. The maximum Gasteiger partial charge on any atom is 0.276 e. The maximum absolute atomic E-state index is 12.1. The molecule has 0 radical (unpaired) electrons. The Hall–Kier alpha value is -2.21. The highest BCUT2D eigenvalue weighted by atomic mass is 16.3. The van der Waals surface area contributed by atoms with E-state index in [1.54, 1.807) is 24.9 Å². The number of aliphatic hydroxyl groups excluding tert-OH is 1. The van der Waals surface area contributed by atoms with Crippen molar-refractivity contribution in [2.24, 2.45) is 0 Å². The average molecular weight is 274 g/mol. The Balaban J connectivity index is 2.20. The van der Waals surface area contributed by atoms with E-state index < -0.39 is 0 Å². The van der Waals surface area contributed by atoms with Crippen LogP contribution in [0.3, 0.4) is 0 Å². The molecule has 0 fully saturated rings. The van der Waals surface area contributed by atoms with Gasteiger partial charge in [-0.2, -0.15) is 0 Å². The normalized spacial score (nSPS) is 12.2. The van der Waals surface area contributed by atoms with E-state index in [4.69, 9.17) is 5.11 Å². The fourth-order valence-electron chi connectivity index (χ4n) is 1.69. The molecule has 0 spiro atoms. The third-order valence-corrected chi connectivity index (χ3v) is 3.26. The second-order valence-corrected chi connectivity index (χ2v) is 4.83. The average Bonchev–Trinajstić information content (AvgIpc) is 2.95. The van der Waals surface area contributed by atoms with Crippen molar-refractivity contribution in [1.82, 2.24) is 19.9 Å². The molecule has 1 N–H and O–H groups in total. The third-order valence-electron chi connectivity index (χ3n) is 3.26. The first-order chi connectivity index (χ1) is 9.52. The summed E-state index contributed by atoms with van der Waals surface area (Å²) in [5, 5.41) is 16.9. The van der Waals surface area contributed by atoms with E-state index in [1.807, 2.05) is 31.2 Å². The Labute approximate surface area is 117 Å². The van der Waals surface area contributed by atoms with E-state index in [2.05, 4.69) is 10.3 Å². The molecular formula is C14H18N4O2. The number of hydrogen-bond donors (Lipinski definition) is 1. The van der Waals surface area contributed by atoms with Crippen LogP contribution in [0.25, 0.3) is 5.69 Å². The monoisotopic (exact) mass is 274 g/mol. The van der Waals surface area contributed by atoms with Crippen LogP contribution in [0.4, 0.5) is 0 Å². The van der Waals surface area contributed by atoms with Crippen molar-refractivity contribution < 1.29 is 9.90 Å². The number of rotatable bonds is 4. The molecule has 0 saturated heterocycles. The summed E-state index contributed by atoms with van der Waals surface area (Å²) in [4.78, 5) is 13.6. The first kappa shape index (κ1) is 14.2. The lowest BCUT2D eigenvalue weighted by Gasteiger charge is -2.21. The van der Waals surface area contributed by atoms with Gasteiger partial charge in [0, 0.05) is 7.05 Å². The molecule has 0 saturated carbocycles. The van der Waals surface area contributed by atoms with Gasteiger partial charge in [-0.3, -0.25) is 4.79 Å². The van der Waals surface area contributed by atoms with Gasteiger partial charge in [-0.25, -0.2) is 4.68 Å². The second kappa shape index (κ2) is 5.83. The quantitative estimate of drug-likeness (QED) is 0.904. The first-order valence-electron chi connectivity index (χ1n) is 6.40. The van der Waals surface area contributed by atoms with E-state index in [-0.39, 0.29) is 24.2 Å². The molecule has 0 bridgehead atoms. The van der Waals surface area contributed by atoms with Crippen molar-refractivity contribution in [1.29, 1.82) is 0 Å². The molecule has 0 aliphatic carbocycles. The SMILES string of the molecule is Cc1ccc(-n2cc(C(=O)N(C)C(C)CO)nn2)cc1. The number of carbonyl (C=O) groups excluding carboxylic acids is 1. The number of likely N-dealkylation sites (N-methyl/N-ethyl adjacent to an activating group) is 1. The number of hydrogen-bond acceptors (Lipinski definition) is 4. The van der Waals surface area contributed by atoms with Crippen LogP contribution in [0, 0.1) is 6.92 Å². The molecule has 6 heteroatoms. The number of benzene rings is 1. The summed E-state index contributed by atoms with van der Waals surface area (Å²) in [7, 11) is 1.63. The molecule has 2 aromatic rings. The molecule has 0 aliphatic heterocycles. The van der Waals surface area contributed by atoms with Gasteiger partial charge in [-0.1, -0.05) is 22.9 Å². The first-order valence-corrected chi connectivity index (χ1v) is 6.40. The van der Waals surface area contributed by atoms with E-state index in [0.29, 0.717) is 0 Å². The van der Waals surface area contributed by atoms with Crippen molar-refractivity contribution in [2.75, 3.05) is 13.7 Å². The largest absolute Gasteiger partial charge is 0.394 e. The summed E-state index contributed by atoms with van der Waals surface area (Å²) in [6, 6.07) is 7.51. The van der Waals surface area contributed by atoms with E-state index in [9.17, 15) is 4.79 Å². The molecule has 6 nitrogen and oxygen atoms in total. The van der Waals surface area contributed by atoms with Crippen molar-refractivity contribution >= 4 is 5.91 Å². The van der Waals surface area contributed by atoms with Crippen molar-refractivity contribution in [2.45, 2.75) is 19.9 Å². The Morgan fingerprint density at radius 1 is 1.40 bits per heavy atom. The van der Waals surface area contributed by atoms with Crippen LogP contribution < -0.4 is 0 Å². The van der Waals surface area contributed by atoms with Crippen molar-refractivity contribution in [3.63, 3.8) is 0 Å². The number of amides is 1. The summed E-state index contributed by atoms with van der Waals surface area (Å²) >= 11 is 0. The van der Waals surface area contributed by atoms with E-state index in [0.717, 1.165) is 11.3 Å². The molecule has 1 unspecified atom stereocenters. The molecule has 1 aromatic heterocycles. The molecule has 1 amide bonds. The Morgan fingerprint density at radius 3 is 2.65 bits per heavy atom. The van der Waals surface area contributed by atoms with Gasteiger partial charge in [0.25, 0.3) is 5.91 Å². The van der Waals surface area contributed by atoms with Gasteiger partial charge in [0.2, 0.25) is 0 Å². The minimum Gasteiger partial charge on any atom is -0.394 e. The standard InChI is InChI=1S/C14H18N4O2/c1-10-4-6-12(7-5-10)18-8-13(15-16-18)14(20)17(3)11(2)9-19/h4-8,11,19H,9H2,1-3H3. The molecule has 1 heterocycles. The zero-order valence-electron chi connectivity index (χ0n) is 11.8. The highest BCUT2D eigenvalue weighted by Crippen LogP contribution is 2.10. The van der Waals surface area contributed by atoms with Gasteiger partial charge in [-0.05, 0) is 26.0 Å². The lowest BCUT2D eigenvalue weighted by molar-refractivity contribution is 0.0676. The molecule has 20 heavy (non-hydrogen) atoms. The highest BCUT2D eigenvalue weighted by molar-refractivity contribution is 5.92. The number of aliphatic hydroxyl groups is 1. The summed E-state index contributed by atoms with van der Waals surface area (Å²) in [6.45, 7) is 3.68. The minimum atomic E-state index is -0.259. The molecule has 106 valence electrons. The number of aromatic nitrogens is 3. The Bertz CT molecular complexity index is 591. The predicted octanol–water partition coefficient (Wildman–Crippen LogP) is 1.03. The summed E-state index contributed by atoms with van der Waals surface area (Å²) in [6.07, 6.45) is 1.59. The molecule has 1 atom stereocenters. The molecule has 2 rings (SSSR count). The Morgan fingerprint density at radius 2 is 2.05 bits per heavy atom. The van der Waals surface area contributed by atoms with Gasteiger partial charge >= 0.3 is 0 Å². The number of carbonyl (C=O) groups is 1. The molecule has 0 aliphatic rings. The molecular weight excluding hydrogens is 256 g/mol. The topological polar surface area (TPSA) is 71.2 Å². The summed E-state index contributed by atoms with van der Waals surface area (Å²) < 4.78 is 1.56. The van der Waals surface area contributed by atoms with Crippen LogP contribution in [0.5, 0.6) is 0 Å². The van der Waals surface area contributed by atoms with E-state index in [1.165, 1.54) is 4.90 Å². The van der Waals surface area contributed by atoms with Crippen molar-refractivity contribution in [3.05, 3.63) is 41.7 Å². The fourth-order valence-corrected chi connectivity index (χ4v) is 1.69. The highest BCUT2D eigenvalue weighted by Gasteiger charge is 2.20.